The summed E-state index contributed by atoms with van der Waals surface area (Å²) < 4.78 is 23.0. The fourth-order valence-corrected chi connectivity index (χ4v) is 9.31. The lowest BCUT2D eigenvalue weighted by molar-refractivity contribution is -0.178. The van der Waals surface area contributed by atoms with E-state index in [9.17, 15) is 19.5 Å². The van der Waals surface area contributed by atoms with Crippen LogP contribution in [0.2, 0.25) is 0 Å². The number of benzene rings is 4. The lowest BCUT2D eigenvalue weighted by Gasteiger charge is -2.46. The number of amides is 3. The van der Waals surface area contributed by atoms with E-state index in [1.165, 1.54) is 7.11 Å². The molecule has 4 aromatic rings. The Bertz CT molecular complexity index is 2340. The summed E-state index contributed by atoms with van der Waals surface area (Å²) in [6.45, 7) is -0.331. The Kier molecular flexibility index (Phi) is 11.3. The van der Waals surface area contributed by atoms with Crippen molar-refractivity contribution in [3.8, 4) is 17.6 Å². The molecule has 3 N–H and O–H groups in total. The number of anilines is 1. The molecule has 0 saturated carbocycles. The van der Waals surface area contributed by atoms with Crippen molar-refractivity contribution in [2.24, 2.45) is 11.7 Å². The molecule has 6 atom stereocenters. The van der Waals surface area contributed by atoms with Crippen LogP contribution in [0.5, 0.6) is 5.75 Å². The van der Waals surface area contributed by atoms with Gasteiger partial charge < -0.3 is 29.8 Å². The van der Waals surface area contributed by atoms with Crippen LogP contribution in [0.4, 0.5) is 10.5 Å². The van der Waals surface area contributed by atoms with Crippen LogP contribution in [0.25, 0.3) is 0 Å². The molecule has 0 radical (unpaired) electrons. The lowest BCUT2D eigenvalue weighted by atomic mass is 9.65. The number of aliphatic hydroxyl groups is 1. The number of nitrogens with zero attached hydrogens (tertiary/aromatic N) is 2. The van der Waals surface area contributed by atoms with Gasteiger partial charge in [-0.15, -0.1) is 0 Å². The molecule has 2 saturated heterocycles. The average Bonchev–Trinajstić information content (AvgIpc) is 3.72. The first-order valence-corrected chi connectivity index (χ1v) is 19.9. The predicted octanol–water partition coefficient (Wildman–Crippen LogP) is 5.84. The monoisotopic (exact) mass is 795 g/mol. The summed E-state index contributed by atoms with van der Waals surface area (Å²) in [4.78, 5) is 62.1. The van der Waals surface area contributed by atoms with E-state index in [1.807, 2.05) is 65.6 Å². The Hall–Kier alpha value is -6.26. The number of methoxy groups -OCH3 is 1. The molecule has 3 amide bonds. The maximum absolute atomic E-state index is 15.9. The number of rotatable bonds is 10. The number of nitrogens with two attached hydrogens (primary N) is 1. The summed E-state index contributed by atoms with van der Waals surface area (Å²) in [5, 5.41) is 9.66. The first-order valence-electron chi connectivity index (χ1n) is 19.9. The number of imide groups is 1. The van der Waals surface area contributed by atoms with E-state index in [0.29, 0.717) is 22.4 Å². The zero-order valence-electron chi connectivity index (χ0n) is 32.6. The van der Waals surface area contributed by atoms with Crippen molar-refractivity contribution in [1.82, 2.24) is 4.90 Å². The van der Waals surface area contributed by atoms with Crippen LogP contribution in [-0.2, 0) is 34.0 Å². The van der Waals surface area contributed by atoms with Gasteiger partial charge in [-0.2, -0.15) is 0 Å². The second-order valence-electron chi connectivity index (χ2n) is 15.0. The number of primary amides is 1. The maximum Gasteiger partial charge on any atom is 0.421 e. The van der Waals surface area contributed by atoms with Gasteiger partial charge in [0.05, 0.1) is 36.9 Å². The van der Waals surface area contributed by atoms with Crippen molar-refractivity contribution < 1.29 is 43.2 Å². The molecular formula is C47H45N3O9. The van der Waals surface area contributed by atoms with Gasteiger partial charge in [0, 0.05) is 12.7 Å². The number of morpholine rings is 1. The van der Waals surface area contributed by atoms with E-state index in [2.05, 4.69) is 17.9 Å². The van der Waals surface area contributed by atoms with Gasteiger partial charge in [-0.1, -0.05) is 90.7 Å². The van der Waals surface area contributed by atoms with Gasteiger partial charge in [-0.25, -0.2) is 9.69 Å². The van der Waals surface area contributed by atoms with Crippen LogP contribution in [0.1, 0.15) is 71.7 Å². The molecule has 302 valence electrons. The molecule has 1 spiro atoms. The van der Waals surface area contributed by atoms with E-state index < -0.39 is 59.4 Å². The molecule has 4 aliphatic rings. The van der Waals surface area contributed by atoms with Crippen molar-refractivity contribution in [3.63, 3.8) is 0 Å². The van der Waals surface area contributed by atoms with Crippen LogP contribution in [-0.4, -0.2) is 73.5 Å². The minimum atomic E-state index is -2.01. The Labute approximate surface area is 342 Å². The molecule has 8 rings (SSSR count). The summed E-state index contributed by atoms with van der Waals surface area (Å²) in [6, 6.07) is 27.5. The van der Waals surface area contributed by atoms with Crippen LogP contribution >= 0.6 is 0 Å². The quantitative estimate of drug-likeness (QED) is 0.114. The molecule has 4 aromatic carbocycles. The number of aliphatic hydroxyl groups excluding tert-OH is 1. The van der Waals surface area contributed by atoms with E-state index in [1.54, 1.807) is 42.5 Å². The highest BCUT2D eigenvalue weighted by molar-refractivity contribution is 6.23. The largest absolute Gasteiger partial charge is 0.491 e. The lowest BCUT2D eigenvalue weighted by Crippen LogP contribution is -2.55. The van der Waals surface area contributed by atoms with E-state index in [0.717, 1.165) is 41.7 Å². The number of fused-ring (bicyclic) bond motifs is 3. The number of ether oxygens (including phenoxy) is 4. The fraction of sp³-hybridized carbons (Fsp3) is 0.319. The van der Waals surface area contributed by atoms with Gasteiger partial charge >= 0.3 is 12.1 Å². The Morgan fingerprint density at radius 1 is 0.864 bits per heavy atom. The topological polar surface area (TPSA) is 158 Å². The third-order valence-corrected chi connectivity index (χ3v) is 11.7. The summed E-state index contributed by atoms with van der Waals surface area (Å²) >= 11 is 0. The zero-order chi connectivity index (χ0) is 41.1. The normalized spacial score (nSPS) is 24.7. The van der Waals surface area contributed by atoms with Gasteiger partial charge in [0.25, 0.3) is 0 Å². The SMILES string of the molecule is COCCOC(=O)N1C(=O)[C@@]2(c3cc(C#CC4=CCCCC4)ccc31)[C@H](C(N)=O)[C@H]1C(=O)O[C@H](c3ccccc3)[C@H](c3ccccc3)N1[C@@H]2c1cccc(OCCO)c1. The van der Waals surface area contributed by atoms with Crippen molar-refractivity contribution in [2.45, 2.75) is 55.3 Å². The second kappa shape index (κ2) is 16.9. The van der Waals surface area contributed by atoms with Gasteiger partial charge in [0.1, 0.15) is 36.5 Å². The van der Waals surface area contributed by atoms with Crippen LogP contribution in [0.15, 0.2) is 115 Å². The van der Waals surface area contributed by atoms with Gasteiger partial charge in [0.2, 0.25) is 11.8 Å². The van der Waals surface area contributed by atoms with Gasteiger partial charge in [-0.3, -0.25) is 19.3 Å². The maximum atomic E-state index is 15.9. The first-order chi connectivity index (χ1) is 28.8. The molecule has 2 fully saturated rings. The van der Waals surface area contributed by atoms with Gasteiger partial charge in [-0.05, 0) is 83.8 Å². The van der Waals surface area contributed by atoms with Crippen molar-refractivity contribution in [1.29, 1.82) is 0 Å². The number of carbonyl (C=O) groups is 4. The minimum Gasteiger partial charge on any atom is -0.491 e. The smallest absolute Gasteiger partial charge is 0.421 e. The molecule has 3 aliphatic heterocycles. The van der Waals surface area contributed by atoms with E-state index in [-0.39, 0.29) is 37.7 Å². The standard InChI is InChI=1S/C47H45N3O9/c1-56-26-27-58-46(55)49-37-23-22-31(21-20-30-12-5-2-6-13-30)28-36(37)47(45(49)54)38(43(48)52)40-44(53)59-41(33-16-9-4-10-17-33)39(32-14-7-3-8-15-32)50(40)42(47)34-18-11-19-35(29-34)57-25-24-51/h3-4,7-12,14-19,22-23,28-29,38-42,51H,2,5-6,13,24-27H2,1H3,(H2,48,52)/t38-,39-,40-,41+,42+,47-/m0/s1. The van der Waals surface area contributed by atoms with Crippen molar-refractivity contribution in [2.75, 3.05) is 38.4 Å². The van der Waals surface area contributed by atoms with Crippen molar-refractivity contribution >= 4 is 29.6 Å². The van der Waals surface area contributed by atoms with E-state index in [4.69, 9.17) is 24.7 Å². The number of hydrogen-bond acceptors (Lipinski definition) is 10. The molecule has 0 bridgehead atoms. The minimum absolute atomic E-state index is 0.00805. The molecular weight excluding hydrogens is 751 g/mol. The second-order valence-corrected chi connectivity index (χ2v) is 15.0. The third kappa shape index (κ3) is 7.05. The average molecular weight is 796 g/mol. The molecule has 1 aliphatic carbocycles. The molecule has 12 heteroatoms. The molecule has 0 unspecified atom stereocenters. The fourth-order valence-electron chi connectivity index (χ4n) is 9.31. The van der Waals surface area contributed by atoms with Gasteiger partial charge in [0.15, 0.2) is 0 Å². The first kappa shape index (κ1) is 39.6. The summed E-state index contributed by atoms with van der Waals surface area (Å²) in [6.07, 6.45) is 4.18. The highest BCUT2D eigenvalue weighted by atomic mass is 16.6. The molecule has 0 aromatic heterocycles. The predicted molar refractivity (Wildman–Crippen MR) is 217 cm³/mol. The Morgan fingerprint density at radius 3 is 2.31 bits per heavy atom. The Morgan fingerprint density at radius 2 is 1.61 bits per heavy atom. The number of carbonyl (C=O) groups excluding carboxylic acids is 4. The molecule has 3 heterocycles. The Balaban J connectivity index is 1.43. The van der Waals surface area contributed by atoms with Crippen LogP contribution in [0, 0.1) is 17.8 Å². The number of cyclic esters (lactones) is 1. The molecule has 59 heavy (non-hydrogen) atoms. The third-order valence-electron chi connectivity index (χ3n) is 11.7. The highest BCUT2D eigenvalue weighted by Crippen LogP contribution is 2.66. The molecule has 12 nitrogen and oxygen atoms in total. The van der Waals surface area contributed by atoms with Crippen molar-refractivity contribution in [3.05, 3.63) is 143 Å². The summed E-state index contributed by atoms with van der Waals surface area (Å²) in [7, 11) is 1.46. The number of allylic oxidation sites excluding steroid dienone is 2. The van der Waals surface area contributed by atoms with Crippen LogP contribution in [0.3, 0.4) is 0 Å². The summed E-state index contributed by atoms with van der Waals surface area (Å²) in [5.74, 6) is 2.90. The number of hydrogen-bond donors (Lipinski definition) is 2. The summed E-state index contributed by atoms with van der Waals surface area (Å²) in [5.41, 5.74) is 8.39. The van der Waals surface area contributed by atoms with E-state index >= 15 is 4.79 Å². The zero-order valence-corrected chi connectivity index (χ0v) is 32.6. The highest BCUT2D eigenvalue weighted by Gasteiger charge is 2.75. The van der Waals surface area contributed by atoms with Crippen LogP contribution < -0.4 is 15.4 Å². The number of esters is 1.